The normalized spacial score (nSPS) is 15.1. The van der Waals surface area contributed by atoms with Crippen LogP contribution in [-0.2, 0) is 29.3 Å². The number of alkyl halides is 6. The second-order valence-corrected chi connectivity index (χ2v) is 7.78. The molecule has 3 rings (SSSR count). The van der Waals surface area contributed by atoms with Crippen LogP contribution in [0.25, 0.3) is 6.08 Å². The largest absolute Gasteiger partial charge is 0.416 e. The lowest BCUT2D eigenvalue weighted by Gasteiger charge is -2.35. The lowest BCUT2D eigenvalue weighted by Crippen LogP contribution is -2.51. The zero-order valence-electron chi connectivity index (χ0n) is 18.2. The van der Waals surface area contributed by atoms with E-state index in [1.807, 2.05) is 0 Å². The van der Waals surface area contributed by atoms with Crippen LogP contribution in [0, 0.1) is 0 Å². The maximum absolute atomic E-state index is 13.0. The van der Waals surface area contributed by atoms with E-state index in [9.17, 15) is 36.2 Å². The average Bonchev–Trinajstić information content (AvgIpc) is 3.29. The first kappa shape index (κ1) is 25.9. The van der Waals surface area contributed by atoms with Gasteiger partial charge in [-0.3, -0.25) is 4.79 Å². The molecule has 35 heavy (non-hydrogen) atoms. The molecule has 0 bridgehead atoms. The Morgan fingerprint density at radius 3 is 1.97 bits per heavy atom. The molecule has 2 N–H and O–H groups in total. The molecule has 6 nitrogen and oxygen atoms in total. The number of nitrogens with one attached hydrogen (secondary N) is 1. The van der Waals surface area contributed by atoms with E-state index in [4.69, 9.17) is 0 Å². The van der Waals surface area contributed by atoms with Crippen molar-refractivity contribution < 1.29 is 36.2 Å². The number of carbonyl (C=O) groups is 1. The highest BCUT2D eigenvalue weighted by Crippen LogP contribution is 2.33. The second-order valence-electron chi connectivity index (χ2n) is 7.78. The summed E-state index contributed by atoms with van der Waals surface area (Å²) in [4.78, 5) is 16.2. The molecule has 2 aromatic carbocycles. The van der Waals surface area contributed by atoms with Crippen LogP contribution >= 0.6 is 0 Å². The molecule has 0 aliphatic heterocycles. The van der Waals surface area contributed by atoms with Gasteiger partial charge in [-0.15, -0.1) is 0 Å². The van der Waals surface area contributed by atoms with E-state index in [0.29, 0.717) is 5.56 Å². The number of hydrogen-bond acceptors (Lipinski definition) is 4. The van der Waals surface area contributed by atoms with Crippen LogP contribution in [0.2, 0.25) is 0 Å². The fraction of sp³-hybridized carbons (Fsp3) is 0.261. The number of amides is 1. The quantitative estimate of drug-likeness (QED) is 0.374. The van der Waals surface area contributed by atoms with Crippen molar-refractivity contribution in [2.24, 2.45) is 0 Å². The molecule has 0 saturated carbocycles. The second kappa shape index (κ2) is 9.90. The van der Waals surface area contributed by atoms with Gasteiger partial charge in [0.1, 0.15) is 18.3 Å². The highest BCUT2D eigenvalue weighted by molar-refractivity contribution is 5.92. The molecule has 2 atom stereocenters. The molecule has 1 aromatic heterocycles. The number of nitrogens with zero attached hydrogens (tertiary/aromatic N) is 3. The molecule has 1 amide bonds. The van der Waals surface area contributed by atoms with Crippen molar-refractivity contribution >= 4 is 12.0 Å². The first-order chi connectivity index (χ1) is 16.3. The summed E-state index contributed by atoms with van der Waals surface area (Å²) < 4.78 is 78.1. The van der Waals surface area contributed by atoms with Gasteiger partial charge in [-0.2, -0.15) is 31.4 Å². The topological polar surface area (TPSA) is 80.0 Å². The molecule has 0 fully saturated rings. The summed E-state index contributed by atoms with van der Waals surface area (Å²) in [5, 5.41) is 17.9. The van der Waals surface area contributed by atoms with E-state index in [1.165, 1.54) is 42.5 Å². The van der Waals surface area contributed by atoms with Gasteiger partial charge >= 0.3 is 12.4 Å². The molecule has 0 aliphatic carbocycles. The maximum atomic E-state index is 13.0. The number of rotatable bonds is 7. The fourth-order valence-electron chi connectivity index (χ4n) is 3.32. The fourth-order valence-corrected chi connectivity index (χ4v) is 3.32. The Kier molecular flexibility index (Phi) is 7.34. The maximum Gasteiger partial charge on any atom is 0.416 e. The smallest absolute Gasteiger partial charge is 0.381 e. The van der Waals surface area contributed by atoms with E-state index in [0.717, 1.165) is 42.5 Å². The molecule has 12 heteroatoms. The van der Waals surface area contributed by atoms with Crippen molar-refractivity contribution in [1.29, 1.82) is 0 Å². The summed E-state index contributed by atoms with van der Waals surface area (Å²) in [7, 11) is 0. The van der Waals surface area contributed by atoms with Gasteiger partial charge in [-0.25, -0.2) is 9.67 Å². The third kappa shape index (κ3) is 6.47. The number of halogens is 6. The Bertz CT molecular complexity index is 1160. The summed E-state index contributed by atoms with van der Waals surface area (Å²) in [6.07, 6.45) is -4.18. The number of hydrogen-bond donors (Lipinski definition) is 2. The van der Waals surface area contributed by atoms with Gasteiger partial charge in [0.15, 0.2) is 0 Å². The van der Waals surface area contributed by atoms with Crippen LogP contribution in [0.1, 0.15) is 29.2 Å². The van der Waals surface area contributed by atoms with Crippen molar-refractivity contribution in [2.75, 3.05) is 0 Å². The molecule has 0 saturated heterocycles. The van der Waals surface area contributed by atoms with Gasteiger partial charge in [0.05, 0.1) is 23.7 Å². The van der Waals surface area contributed by atoms with Crippen molar-refractivity contribution in [1.82, 2.24) is 20.1 Å². The Balaban J connectivity index is 1.79. The zero-order chi connectivity index (χ0) is 25.9. The van der Waals surface area contributed by atoms with Gasteiger partial charge in [-0.1, -0.05) is 24.3 Å². The molecular formula is C23H20F6N4O2. The minimum Gasteiger partial charge on any atom is -0.381 e. The van der Waals surface area contributed by atoms with E-state index in [2.05, 4.69) is 15.4 Å². The first-order valence-electron chi connectivity index (χ1n) is 10.2. The predicted molar refractivity (Wildman–Crippen MR) is 113 cm³/mol. The monoisotopic (exact) mass is 498 g/mol. The average molecular weight is 498 g/mol. The van der Waals surface area contributed by atoms with E-state index >= 15 is 0 Å². The van der Waals surface area contributed by atoms with E-state index in [-0.39, 0.29) is 12.1 Å². The highest BCUT2D eigenvalue weighted by atomic mass is 19.4. The van der Waals surface area contributed by atoms with Crippen LogP contribution in [0.3, 0.4) is 0 Å². The van der Waals surface area contributed by atoms with Crippen molar-refractivity contribution in [3.63, 3.8) is 0 Å². The third-order valence-electron chi connectivity index (χ3n) is 5.32. The summed E-state index contributed by atoms with van der Waals surface area (Å²) >= 11 is 0. The Morgan fingerprint density at radius 2 is 1.49 bits per heavy atom. The zero-order valence-corrected chi connectivity index (χ0v) is 18.2. The molecule has 3 aromatic rings. The third-order valence-corrected chi connectivity index (χ3v) is 5.32. The molecule has 0 spiro atoms. The van der Waals surface area contributed by atoms with Crippen molar-refractivity contribution in [3.05, 3.63) is 89.5 Å². The molecule has 0 radical (unpaired) electrons. The van der Waals surface area contributed by atoms with Gasteiger partial charge in [0, 0.05) is 6.08 Å². The Hall–Kier alpha value is -3.67. The standard InChI is InChI=1S/C23H20F6N4O2/c1-15(32-20(34)11-4-16-2-5-18(6-3-16)22(24,25)26)21(35,12-33-14-30-13-31-33)17-7-9-19(10-8-17)23(27,28)29/h2-11,13-15,35H,12H2,1H3,(H,32,34)/b11-4+. The summed E-state index contributed by atoms with van der Waals surface area (Å²) in [5.74, 6) is -0.679. The van der Waals surface area contributed by atoms with E-state index in [1.54, 1.807) is 0 Å². The Labute approximate surface area is 195 Å². The number of aromatic nitrogens is 3. The van der Waals surface area contributed by atoms with E-state index < -0.39 is 41.0 Å². The lowest BCUT2D eigenvalue weighted by molar-refractivity contribution is -0.138. The van der Waals surface area contributed by atoms with Crippen molar-refractivity contribution in [2.45, 2.75) is 37.5 Å². The molecule has 186 valence electrons. The minimum absolute atomic E-state index is 0.0977. The molecular weight excluding hydrogens is 478 g/mol. The number of aliphatic hydroxyl groups is 1. The lowest BCUT2D eigenvalue weighted by atomic mass is 9.86. The highest BCUT2D eigenvalue weighted by Gasteiger charge is 2.39. The van der Waals surface area contributed by atoms with Crippen LogP contribution in [0.15, 0.2) is 67.3 Å². The summed E-state index contributed by atoms with van der Waals surface area (Å²) in [6, 6.07) is 6.98. The van der Waals surface area contributed by atoms with Crippen LogP contribution in [0.5, 0.6) is 0 Å². The van der Waals surface area contributed by atoms with Gasteiger partial charge in [0.25, 0.3) is 0 Å². The minimum atomic E-state index is -4.56. The first-order valence-corrected chi connectivity index (χ1v) is 10.2. The number of carbonyl (C=O) groups excluding carboxylic acids is 1. The molecule has 0 aliphatic rings. The van der Waals surface area contributed by atoms with Crippen LogP contribution in [0.4, 0.5) is 26.3 Å². The van der Waals surface area contributed by atoms with Crippen LogP contribution in [-0.4, -0.2) is 31.8 Å². The van der Waals surface area contributed by atoms with Gasteiger partial charge < -0.3 is 10.4 Å². The molecule has 2 unspecified atom stereocenters. The van der Waals surface area contributed by atoms with Gasteiger partial charge in [0.2, 0.25) is 5.91 Å². The van der Waals surface area contributed by atoms with Gasteiger partial charge in [-0.05, 0) is 48.4 Å². The molecule has 1 heterocycles. The number of benzene rings is 2. The Morgan fingerprint density at radius 1 is 0.971 bits per heavy atom. The predicted octanol–water partition coefficient (Wildman–Crippen LogP) is 4.42. The summed E-state index contributed by atoms with van der Waals surface area (Å²) in [5.41, 5.74) is -3.18. The SMILES string of the molecule is CC(NC(=O)/C=C/c1ccc(C(F)(F)F)cc1)C(O)(Cn1cncn1)c1ccc(C(F)(F)F)cc1. The summed E-state index contributed by atoms with van der Waals surface area (Å²) in [6.45, 7) is 1.22. The van der Waals surface area contributed by atoms with Crippen LogP contribution < -0.4 is 5.32 Å². The van der Waals surface area contributed by atoms with Crippen molar-refractivity contribution in [3.8, 4) is 0 Å².